The Labute approximate surface area is 231 Å². The average molecular weight is 538 g/mol. The lowest BCUT2D eigenvalue weighted by atomic mass is 10.1. The zero-order valence-corrected chi connectivity index (χ0v) is 21.8. The molecule has 0 atom stereocenters. The lowest BCUT2D eigenvalue weighted by Gasteiger charge is -2.36. The number of carbonyl (C=O) groups is 4. The van der Waals surface area contributed by atoms with Crippen LogP contribution in [0.4, 0.5) is 11.4 Å². The first-order valence-electron chi connectivity index (χ1n) is 12.8. The summed E-state index contributed by atoms with van der Waals surface area (Å²) in [5.74, 6) is -1.79. The molecule has 0 bridgehead atoms. The number of nitrogens with one attached hydrogen (secondary N) is 1. The molecular weight excluding hydrogens is 510 g/mol. The number of carbonyl (C=O) groups excluding carboxylic acids is 4. The largest absolute Gasteiger partial charge is 0.376 e. The van der Waals surface area contributed by atoms with Crippen molar-refractivity contribution in [1.82, 2.24) is 10.5 Å². The summed E-state index contributed by atoms with van der Waals surface area (Å²) in [5.41, 5.74) is 4.89. The Bertz CT molecular complexity index is 1480. The predicted molar refractivity (Wildman–Crippen MR) is 150 cm³/mol. The molecule has 0 aliphatic carbocycles. The number of piperazine rings is 1. The van der Waals surface area contributed by atoms with Gasteiger partial charge in [0.1, 0.15) is 5.71 Å². The predicted octanol–water partition coefficient (Wildman–Crippen LogP) is 3.19. The van der Waals surface area contributed by atoms with E-state index in [-0.39, 0.29) is 17.2 Å². The highest BCUT2D eigenvalue weighted by Crippen LogP contribution is 2.22. The maximum atomic E-state index is 13.7. The number of rotatable bonds is 6. The van der Waals surface area contributed by atoms with Crippen molar-refractivity contribution in [3.8, 4) is 0 Å². The molecular formula is C30H27N5O5. The zero-order valence-electron chi connectivity index (χ0n) is 21.8. The number of amides is 2. The highest BCUT2D eigenvalue weighted by Gasteiger charge is 2.32. The van der Waals surface area contributed by atoms with Gasteiger partial charge in [-0.05, 0) is 55.5 Å². The molecule has 5 rings (SSSR count). The van der Waals surface area contributed by atoms with Crippen LogP contribution in [0.2, 0.25) is 0 Å². The normalized spacial score (nSPS) is 16.7. The minimum Gasteiger partial charge on any atom is -0.368 e. The lowest BCUT2D eigenvalue weighted by Crippen LogP contribution is -2.50. The van der Waals surface area contributed by atoms with Gasteiger partial charge in [-0.3, -0.25) is 14.4 Å². The van der Waals surface area contributed by atoms with Gasteiger partial charge < -0.3 is 14.6 Å². The summed E-state index contributed by atoms with van der Waals surface area (Å²) in [4.78, 5) is 63.8. The van der Waals surface area contributed by atoms with Crippen molar-refractivity contribution in [2.45, 2.75) is 6.92 Å². The van der Waals surface area contributed by atoms with Crippen LogP contribution in [-0.4, -0.2) is 60.4 Å². The fraction of sp³-hybridized carbons (Fsp3) is 0.167. The van der Waals surface area contributed by atoms with E-state index in [1.54, 1.807) is 71.6 Å². The van der Waals surface area contributed by atoms with E-state index in [9.17, 15) is 19.2 Å². The number of aliphatic imine (C=N–C) groups is 1. The second-order valence-electron chi connectivity index (χ2n) is 9.23. The van der Waals surface area contributed by atoms with Gasteiger partial charge in [-0.15, -0.1) is 0 Å². The Kier molecular flexibility index (Phi) is 7.79. The van der Waals surface area contributed by atoms with E-state index in [1.165, 1.54) is 18.0 Å². The molecule has 40 heavy (non-hydrogen) atoms. The number of Topliss-reactive ketones (excluding diaryl/α,β-unsaturated/α-hetero) is 1. The summed E-state index contributed by atoms with van der Waals surface area (Å²) in [6.45, 7) is 3.36. The molecule has 10 nitrogen and oxygen atoms in total. The van der Waals surface area contributed by atoms with Gasteiger partial charge in [0.05, 0.1) is 5.69 Å². The molecule has 0 saturated carbocycles. The average Bonchev–Trinajstić information content (AvgIpc) is 3.37. The van der Waals surface area contributed by atoms with Gasteiger partial charge in [0.2, 0.25) is 0 Å². The first kappa shape index (κ1) is 26.5. The van der Waals surface area contributed by atoms with Crippen LogP contribution >= 0.6 is 0 Å². The number of ketones is 1. The zero-order chi connectivity index (χ0) is 28.1. The molecule has 3 aromatic carbocycles. The second-order valence-corrected chi connectivity index (χ2v) is 9.23. The van der Waals surface area contributed by atoms with Crippen molar-refractivity contribution in [2.24, 2.45) is 4.99 Å². The van der Waals surface area contributed by atoms with Crippen LogP contribution in [-0.2, 0) is 14.4 Å². The van der Waals surface area contributed by atoms with Gasteiger partial charge in [0.25, 0.3) is 11.8 Å². The number of anilines is 2. The van der Waals surface area contributed by atoms with E-state index in [4.69, 9.17) is 4.84 Å². The number of para-hydroxylation sites is 1. The number of hydrogen-bond acceptors (Lipinski definition) is 8. The fourth-order valence-corrected chi connectivity index (χ4v) is 4.43. The maximum absolute atomic E-state index is 13.7. The molecule has 2 amide bonds. The van der Waals surface area contributed by atoms with Crippen molar-refractivity contribution in [3.05, 3.63) is 108 Å². The molecule has 2 aliphatic rings. The molecule has 202 valence electrons. The Hall–Kier alpha value is -5.09. The Morgan fingerprint density at radius 3 is 2.05 bits per heavy atom. The molecule has 10 heteroatoms. The van der Waals surface area contributed by atoms with Gasteiger partial charge in [-0.25, -0.2) is 14.8 Å². The van der Waals surface area contributed by atoms with Crippen LogP contribution in [0.5, 0.6) is 0 Å². The van der Waals surface area contributed by atoms with Crippen LogP contribution in [0.3, 0.4) is 0 Å². The second kappa shape index (κ2) is 11.7. The van der Waals surface area contributed by atoms with Crippen LogP contribution in [0, 0.1) is 0 Å². The smallest absolute Gasteiger partial charge is 0.368 e. The first-order valence-corrected chi connectivity index (χ1v) is 12.8. The van der Waals surface area contributed by atoms with E-state index < -0.39 is 17.8 Å². The summed E-state index contributed by atoms with van der Waals surface area (Å²) >= 11 is 0. The Morgan fingerprint density at radius 1 is 0.800 bits per heavy atom. The molecule has 3 aromatic rings. The summed E-state index contributed by atoms with van der Waals surface area (Å²) < 4.78 is 0. The van der Waals surface area contributed by atoms with Crippen molar-refractivity contribution in [2.75, 3.05) is 36.1 Å². The van der Waals surface area contributed by atoms with E-state index in [0.29, 0.717) is 43.0 Å². The van der Waals surface area contributed by atoms with Gasteiger partial charge in [-0.2, -0.15) is 0 Å². The highest BCUT2D eigenvalue weighted by molar-refractivity contribution is 6.45. The molecule has 1 N–H and O–H groups in total. The monoisotopic (exact) mass is 537 g/mol. The Balaban J connectivity index is 1.40. The summed E-state index contributed by atoms with van der Waals surface area (Å²) in [7, 11) is 0. The fourth-order valence-electron chi connectivity index (χ4n) is 4.43. The van der Waals surface area contributed by atoms with Crippen LogP contribution in [0.15, 0.2) is 102 Å². The third-order valence-corrected chi connectivity index (χ3v) is 6.64. The van der Waals surface area contributed by atoms with Gasteiger partial charge in [0.15, 0.2) is 11.5 Å². The van der Waals surface area contributed by atoms with Crippen molar-refractivity contribution in [1.29, 1.82) is 0 Å². The summed E-state index contributed by atoms with van der Waals surface area (Å²) in [6, 6.07) is 24.7. The quantitative estimate of drug-likeness (QED) is 0.290. The van der Waals surface area contributed by atoms with E-state index in [2.05, 4.69) is 15.5 Å². The number of hydrazine groups is 1. The molecule has 2 fully saturated rings. The lowest BCUT2D eigenvalue weighted by molar-refractivity contribution is -0.140. The summed E-state index contributed by atoms with van der Waals surface area (Å²) in [5, 5.41) is 1.39. The topological polar surface area (TPSA) is 112 Å². The van der Waals surface area contributed by atoms with Crippen LogP contribution in [0.25, 0.3) is 0 Å². The number of nitrogens with zero attached hydrogens (tertiary/aromatic N) is 4. The van der Waals surface area contributed by atoms with E-state index in [0.717, 1.165) is 5.69 Å². The van der Waals surface area contributed by atoms with Crippen molar-refractivity contribution in [3.63, 3.8) is 0 Å². The number of benzene rings is 3. The van der Waals surface area contributed by atoms with Crippen LogP contribution < -0.4 is 15.5 Å². The minimum atomic E-state index is -0.713. The highest BCUT2D eigenvalue weighted by atomic mass is 16.7. The van der Waals surface area contributed by atoms with E-state index in [1.807, 2.05) is 18.2 Å². The van der Waals surface area contributed by atoms with Gasteiger partial charge >= 0.3 is 5.97 Å². The number of hydrogen-bond donors (Lipinski definition) is 1. The SMILES string of the molecule is CC(=O)c1ccc(N2CCN(C(=O)C(/C=C3\C(=O)ONN3c3ccccc3)=NC(=O)c3ccccc3)CC2)cc1. The molecule has 0 aromatic heterocycles. The molecule has 0 unspecified atom stereocenters. The standard InChI is InChI=1S/C30H27N5O5/c1-21(36)22-12-14-24(15-13-22)33-16-18-34(19-17-33)29(38)26(31-28(37)23-8-4-2-5-9-23)20-27-30(39)40-32-35(27)25-10-6-3-7-11-25/h2-15,20,32H,16-19H2,1H3/b27-20+,31-26?. The minimum absolute atomic E-state index is 0.000117. The van der Waals surface area contributed by atoms with Crippen molar-refractivity contribution < 1.29 is 24.0 Å². The van der Waals surface area contributed by atoms with E-state index >= 15 is 0 Å². The molecule has 2 saturated heterocycles. The molecule has 0 radical (unpaired) electrons. The third kappa shape index (κ3) is 5.82. The Morgan fingerprint density at radius 2 is 1.43 bits per heavy atom. The molecule has 2 heterocycles. The molecule has 0 spiro atoms. The van der Waals surface area contributed by atoms with Crippen molar-refractivity contribution >= 4 is 40.7 Å². The van der Waals surface area contributed by atoms with Crippen LogP contribution in [0.1, 0.15) is 27.6 Å². The molecule has 2 aliphatic heterocycles. The maximum Gasteiger partial charge on any atom is 0.376 e. The van der Waals surface area contributed by atoms with Gasteiger partial charge in [0, 0.05) is 49.1 Å². The first-order chi connectivity index (χ1) is 19.4. The third-order valence-electron chi connectivity index (χ3n) is 6.64. The summed E-state index contributed by atoms with van der Waals surface area (Å²) in [6.07, 6.45) is 1.28. The van der Waals surface area contributed by atoms with Gasteiger partial charge in [-0.1, -0.05) is 42.0 Å².